The summed E-state index contributed by atoms with van der Waals surface area (Å²) in [7, 11) is 0. The Bertz CT molecular complexity index is 2260. The van der Waals surface area contributed by atoms with Gasteiger partial charge in [-0.1, -0.05) is 64.0 Å². The summed E-state index contributed by atoms with van der Waals surface area (Å²) in [6.45, 7) is 2.11. The Hall–Kier alpha value is -5.28. The lowest BCUT2D eigenvalue weighted by Gasteiger charge is -2.07. The van der Waals surface area contributed by atoms with Crippen LogP contribution in [0.15, 0.2) is 122 Å². The number of anilines is 1. The van der Waals surface area contributed by atoms with Crippen LogP contribution in [0.4, 0.5) is 5.69 Å². The molecular formula is C34H24BrN5O3. The van der Waals surface area contributed by atoms with E-state index in [1.54, 1.807) is 24.4 Å². The van der Waals surface area contributed by atoms with Crippen LogP contribution < -0.4 is 10.9 Å². The maximum atomic E-state index is 13.7. The number of fused-ring (bicyclic) bond motifs is 3. The summed E-state index contributed by atoms with van der Waals surface area (Å²) in [6.07, 6.45) is 3.48. The molecule has 8 nitrogen and oxygen atoms in total. The Morgan fingerprint density at radius 3 is 2.58 bits per heavy atom. The van der Waals surface area contributed by atoms with Crippen molar-refractivity contribution in [3.8, 4) is 11.6 Å². The molecule has 0 bridgehead atoms. The van der Waals surface area contributed by atoms with E-state index in [1.165, 1.54) is 4.68 Å². The number of hydrogen-bond donors (Lipinski definition) is 1. The van der Waals surface area contributed by atoms with Crippen molar-refractivity contribution in [2.45, 2.75) is 13.5 Å². The Labute approximate surface area is 254 Å². The van der Waals surface area contributed by atoms with Crippen molar-refractivity contribution in [1.29, 1.82) is 0 Å². The summed E-state index contributed by atoms with van der Waals surface area (Å²) < 4.78 is 10.2. The van der Waals surface area contributed by atoms with Crippen molar-refractivity contribution in [2.75, 3.05) is 5.32 Å². The van der Waals surface area contributed by atoms with Crippen LogP contribution in [0.1, 0.15) is 11.1 Å². The van der Waals surface area contributed by atoms with Crippen LogP contribution in [0, 0.1) is 6.92 Å². The van der Waals surface area contributed by atoms with Gasteiger partial charge in [0.25, 0.3) is 5.56 Å². The van der Waals surface area contributed by atoms with E-state index in [9.17, 15) is 9.59 Å². The van der Waals surface area contributed by atoms with Gasteiger partial charge in [-0.05, 0) is 61.5 Å². The maximum absolute atomic E-state index is 13.7. The Morgan fingerprint density at radius 1 is 0.977 bits per heavy atom. The number of rotatable bonds is 6. The molecule has 3 heterocycles. The Balaban J connectivity index is 1.29. The van der Waals surface area contributed by atoms with Crippen LogP contribution in [-0.2, 0) is 11.3 Å². The fourth-order valence-corrected chi connectivity index (χ4v) is 5.51. The van der Waals surface area contributed by atoms with Crippen LogP contribution >= 0.6 is 15.9 Å². The van der Waals surface area contributed by atoms with E-state index in [4.69, 9.17) is 9.40 Å². The van der Waals surface area contributed by atoms with Crippen LogP contribution in [0.2, 0.25) is 0 Å². The number of aromatic nitrogens is 3. The summed E-state index contributed by atoms with van der Waals surface area (Å²) in [6, 6.07) is 30.2. The molecule has 7 rings (SSSR count). The molecule has 1 N–H and O–H groups in total. The summed E-state index contributed by atoms with van der Waals surface area (Å²) >= 11 is 3.50. The molecule has 1 amide bonds. The zero-order valence-electron chi connectivity index (χ0n) is 23.0. The number of amides is 1. The van der Waals surface area contributed by atoms with Crippen LogP contribution in [-0.4, -0.2) is 26.3 Å². The molecule has 0 spiro atoms. The van der Waals surface area contributed by atoms with Crippen LogP contribution in [0.5, 0.6) is 0 Å². The van der Waals surface area contributed by atoms with Gasteiger partial charge in [-0.2, -0.15) is 9.78 Å². The molecular weight excluding hydrogens is 606 g/mol. The number of halogens is 1. The number of aryl methyl sites for hydroxylation is 1. The molecule has 7 aromatic rings. The monoisotopic (exact) mass is 629 g/mol. The number of benzene rings is 4. The molecule has 3 aromatic heterocycles. The van der Waals surface area contributed by atoms with Gasteiger partial charge in [0.1, 0.15) is 12.1 Å². The minimum Gasteiger partial charge on any atom is -0.453 e. The second-order valence-electron chi connectivity index (χ2n) is 10.3. The first-order valence-electron chi connectivity index (χ1n) is 13.6. The second-order valence-corrected chi connectivity index (χ2v) is 11.2. The molecule has 0 unspecified atom stereocenters. The molecule has 0 atom stereocenters. The van der Waals surface area contributed by atoms with E-state index in [0.29, 0.717) is 22.2 Å². The highest BCUT2D eigenvalue weighted by Crippen LogP contribution is 2.29. The number of carbonyl (C=O) groups is 1. The number of carbonyl (C=O) groups excluding carboxylic acids is 1. The van der Waals surface area contributed by atoms with E-state index >= 15 is 0 Å². The summed E-state index contributed by atoms with van der Waals surface area (Å²) in [5.74, 6) is 0.554. The standard InChI is InChI=1S/C34H24BrN5O3/c1-21-10-13-25(14-11-21)37-32(41)20-39-19-23(26-6-3-5-9-29(26)39)18-36-40-33(38-28-8-4-2-7-27(28)34(40)42)31-17-22-16-24(35)12-15-30(22)43-31/h2-19H,20H2,1H3,(H,37,41). The lowest BCUT2D eigenvalue weighted by Crippen LogP contribution is -2.20. The van der Waals surface area contributed by atoms with Crippen LogP contribution in [0.25, 0.3) is 44.4 Å². The first kappa shape index (κ1) is 26.6. The molecule has 9 heteroatoms. The molecule has 0 saturated carbocycles. The van der Waals surface area contributed by atoms with E-state index in [1.807, 2.05) is 96.6 Å². The maximum Gasteiger partial charge on any atom is 0.282 e. The summed E-state index contributed by atoms with van der Waals surface area (Å²) in [5.41, 5.74) is 4.38. The summed E-state index contributed by atoms with van der Waals surface area (Å²) in [4.78, 5) is 31.4. The predicted molar refractivity (Wildman–Crippen MR) is 174 cm³/mol. The van der Waals surface area contributed by atoms with Crippen molar-refractivity contribution >= 4 is 66.5 Å². The van der Waals surface area contributed by atoms with Gasteiger partial charge in [0, 0.05) is 38.2 Å². The highest BCUT2D eigenvalue weighted by Gasteiger charge is 2.17. The number of nitrogens with zero attached hydrogens (tertiary/aromatic N) is 4. The van der Waals surface area contributed by atoms with Gasteiger partial charge in [-0.25, -0.2) is 4.98 Å². The van der Waals surface area contributed by atoms with Crippen molar-refractivity contribution in [3.63, 3.8) is 0 Å². The molecule has 0 radical (unpaired) electrons. The predicted octanol–water partition coefficient (Wildman–Crippen LogP) is 7.36. The lowest BCUT2D eigenvalue weighted by molar-refractivity contribution is -0.116. The van der Waals surface area contributed by atoms with Crippen LogP contribution in [0.3, 0.4) is 0 Å². The number of para-hydroxylation sites is 2. The van der Waals surface area contributed by atoms with E-state index in [0.717, 1.165) is 37.6 Å². The smallest absolute Gasteiger partial charge is 0.282 e. The first-order chi connectivity index (χ1) is 20.9. The SMILES string of the molecule is Cc1ccc(NC(=O)Cn2cc(C=Nn3c(-c4cc5cc(Br)ccc5o4)nc4ccccc4c3=O)c3ccccc32)cc1. The second kappa shape index (κ2) is 10.8. The fourth-order valence-electron chi connectivity index (χ4n) is 5.14. The molecule has 0 saturated heterocycles. The minimum atomic E-state index is -0.320. The largest absolute Gasteiger partial charge is 0.453 e. The number of nitrogens with one attached hydrogen (secondary N) is 1. The van der Waals surface area contributed by atoms with Gasteiger partial charge in [0.2, 0.25) is 11.7 Å². The van der Waals surface area contributed by atoms with Gasteiger partial charge in [0.15, 0.2) is 5.76 Å². The van der Waals surface area contributed by atoms with Gasteiger partial charge < -0.3 is 14.3 Å². The third kappa shape index (κ3) is 5.15. The normalized spacial score (nSPS) is 11.7. The molecule has 0 aliphatic heterocycles. The highest BCUT2D eigenvalue weighted by atomic mass is 79.9. The van der Waals surface area contributed by atoms with Crippen molar-refractivity contribution in [3.05, 3.63) is 129 Å². The molecule has 0 aliphatic rings. The Morgan fingerprint density at radius 2 is 1.74 bits per heavy atom. The Kier molecular flexibility index (Phi) is 6.71. The van der Waals surface area contributed by atoms with E-state index < -0.39 is 0 Å². The quantitative estimate of drug-likeness (QED) is 0.194. The van der Waals surface area contributed by atoms with E-state index in [-0.39, 0.29) is 23.8 Å². The molecule has 0 aliphatic carbocycles. The minimum absolute atomic E-state index is 0.111. The van der Waals surface area contributed by atoms with Crippen molar-refractivity contribution < 1.29 is 9.21 Å². The van der Waals surface area contributed by atoms with Gasteiger partial charge in [-0.15, -0.1) is 0 Å². The lowest BCUT2D eigenvalue weighted by atomic mass is 10.2. The highest BCUT2D eigenvalue weighted by molar-refractivity contribution is 9.10. The zero-order valence-corrected chi connectivity index (χ0v) is 24.6. The summed E-state index contributed by atoms with van der Waals surface area (Å²) in [5, 5.41) is 9.80. The number of furan rings is 1. The van der Waals surface area contributed by atoms with Gasteiger partial charge in [-0.3, -0.25) is 9.59 Å². The molecule has 43 heavy (non-hydrogen) atoms. The average molecular weight is 631 g/mol. The van der Waals surface area contributed by atoms with Crippen molar-refractivity contribution in [2.24, 2.45) is 5.10 Å². The third-order valence-electron chi connectivity index (χ3n) is 7.23. The number of hydrogen-bond acceptors (Lipinski definition) is 5. The molecule has 210 valence electrons. The molecule has 0 fully saturated rings. The van der Waals surface area contributed by atoms with E-state index in [2.05, 4.69) is 26.3 Å². The topological polar surface area (TPSA) is 94.4 Å². The zero-order chi connectivity index (χ0) is 29.5. The van der Waals surface area contributed by atoms with Gasteiger partial charge in [0.05, 0.1) is 17.1 Å². The van der Waals surface area contributed by atoms with Crippen molar-refractivity contribution in [1.82, 2.24) is 14.2 Å². The fraction of sp³-hybridized carbons (Fsp3) is 0.0588. The third-order valence-corrected chi connectivity index (χ3v) is 7.73. The average Bonchev–Trinajstić information content (AvgIpc) is 3.59. The first-order valence-corrected chi connectivity index (χ1v) is 14.4. The molecule has 4 aromatic carbocycles. The van der Waals surface area contributed by atoms with Gasteiger partial charge >= 0.3 is 0 Å².